The summed E-state index contributed by atoms with van der Waals surface area (Å²) in [4.78, 5) is 8.93. The average molecular weight is 261 g/mol. The largest absolute Gasteiger partial charge is 0.369 e. The fourth-order valence-electron chi connectivity index (χ4n) is 2.81. The molecule has 1 fully saturated rings. The number of anilines is 2. The van der Waals surface area contributed by atoms with E-state index in [0.29, 0.717) is 5.92 Å². The molecule has 2 aliphatic heterocycles. The molecule has 104 valence electrons. The van der Waals surface area contributed by atoms with Crippen molar-refractivity contribution in [3.05, 3.63) is 11.9 Å². The van der Waals surface area contributed by atoms with E-state index in [4.69, 9.17) is 0 Å². The van der Waals surface area contributed by atoms with Crippen LogP contribution in [-0.2, 0) is 6.54 Å². The van der Waals surface area contributed by atoms with Gasteiger partial charge in [0, 0.05) is 19.6 Å². The minimum Gasteiger partial charge on any atom is -0.369 e. The molecular formula is C14H23N5. The van der Waals surface area contributed by atoms with Gasteiger partial charge in [-0.05, 0) is 18.8 Å². The van der Waals surface area contributed by atoms with Crippen LogP contribution in [0.1, 0.15) is 38.7 Å². The van der Waals surface area contributed by atoms with E-state index in [9.17, 15) is 0 Å². The van der Waals surface area contributed by atoms with E-state index in [-0.39, 0.29) is 0 Å². The molecule has 0 atom stereocenters. The molecule has 5 heteroatoms. The summed E-state index contributed by atoms with van der Waals surface area (Å²) in [6.45, 7) is 8.57. The third-order valence-corrected chi connectivity index (χ3v) is 3.81. The first-order chi connectivity index (χ1) is 9.25. The highest BCUT2D eigenvalue weighted by molar-refractivity contribution is 5.61. The summed E-state index contributed by atoms with van der Waals surface area (Å²) in [7, 11) is 0. The maximum Gasteiger partial charge on any atom is 0.153 e. The Balaban J connectivity index is 1.84. The molecule has 2 aliphatic rings. The number of hydrogen-bond donors (Lipinski definition) is 1. The van der Waals surface area contributed by atoms with Crippen molar-refractivity contribution in [1.29, 1.82) is 0 Å². The molecule has 0 aromatic carbocycles. The SMILES string of the molecule is CC(C)CNc1ncnc2c1CN1CCCCCN21. The van der Waals surface area contributed by atoms with Crippen molar-refractivity contribution in [1.82, 2.24) is 15.0 Å². The van der Waals surface area contributed by atoms with E-state index < -0.39 is 0 Å². The second-order valence-corrected chi connectivity index (χ2v) is 5.87. The third-order valence-electron chi connectivity index (χ3n) is 3.81. The minimum absolute atomic E-state index is 0.623. The van der Waals surface area contributed by atoms with Crippen molar-refractivity contribution in [3.63, 3.8) is 0 Å². The van der Waals surface area contributed by atoms with Gasteiger partial charge in [0.25, 0.3) is 0 Å². The molecule has 0 saturated carbocycles. The van der Waals surface area contributed by atoms with Gasteiger partial charge in [0.1, 0.15) is 12.1 Å². The van der Waals surface area contributed by atoms with Gasteiger partial charge in [0.2, 0.25) is 0 Å². The molecule has 0 radical (unpaired) electrons. The Kier molecular flexibility index (Phi) is 3.55. The number of hydrazine groups is 1. The van der Waals surface area contributed by atoms with Crippen LogP contribution >= 0.6 is 0 Å². The molecule has 3 heterocycles. The summed E-state index contributed by atoms with van der Waals surface area (Å²) in [5.41, 5.74) is 1.27. The van der Waals surface area contributed by atoms with Crippen LogP contribution in [0.2, 0.25) is 0 Å². The highest BCUT2D eigenvalue weighted by Crippen LogP contribution is 2.34. The maximum absolute atomic E-state index is 4.51. The lowest BCUT2D eigenvalue weighted by Crippen LogP contribution is -2.37. The van der Waals surface area contributed by atoms with Crippen molar-refractivity contribution in [3.8, 4) is 0 Å². The number of rotatable bonds is 3. The zero-order valence-corrected chi connectivity index (χ0v) is 11.9. The third kappa shape index (κ3) is 2.52. The van der Waals surface area contributed by atoms with Crippen molar-refractivity contribution >= 4 is 11.6 Å². The lowest BCUT2D eigenvalue weighted by molar-refractivity contribution is 0.275. The Morgan fingerprint density at radius 1 is 1.21 bits per heavy atom. The highest BCUT2D eigenvalue weighted by atomic mass is 15.7. The van der Waals surface area contributed by atoms with Gasteiger partial charge >= 0.3 is 0 Å². The van der Waals surface area contributed by atoms with E-state index in [1.807, 2.05) is 0 Å². The van der Waals surface area contributed by atoms with Crippen molar-refractivity contribution in [2.24, 2.45) is 5.92 Å². The maximum atomic E-state index is 4.51. The molecule has 5 nitrogen and oxygen atoms in total. The zero-order valence-electron chi connectivity index (χ0n) is 11.9. The zero-order chi connectivity index (χ0) is 13.2. The molecule has 0 unspecified atom stereocenters. The summed E-state index contributed by atoms with van der Waals surface area (Å²) < 4.78 is 0. The van der Waals surface area contributed by atoms with Crippen LogP contribution in [-0.4, -0.2) is 34.6 Å². The normalized spacial score (nSPS) is 19.2. The van der Waals surface area contributed by atoms with Crippen LogP contribution in [0.3, 0.4) is 0 Å². The average Bonchev–Trinajstić information content (AvgIpc) is 2.59. The molecule has 1 N–H and O–H groups in total. The Morgan fingerprint density at radius 2 is 2.05 bits per heavy atom. The molecule has 0 bridgehead atoms. The fraction of sp³-hybridized carbons (Fsp3) is 0.714. The van der Waals surface area contributed by atoms with E-state index in [1.54, 1.807) is 6.33 Å². The Hall–Kier alpha value is -1.36. The van der Waals surface area contributed by atoms with Gasteiger partial charge in [-0.15, -0.1) is 0 Å². The number of aromatic nitrogens is 2. The molecule has 19 heavy (non-hydrogen) atoms. The topological polar surface area (TPSA) is 44.3 Å². The van der Waals surface area contributed by atoms with Crippen molar-refractivity contribution in [2.75, 3.05) is 30.0 Å². The summed E-state index contributed by atoms with van der Waals surface area (Å²) >= 11 is 0. The van der Waals surface area contributed by atoms with E-state index >= 15 is 0 Å². The molecule has 1 aromatic heterocycles. The first-order valence-corrected chi connectivity index (χ1v) is 7.36. The smallest absolute Gasteiger partial charge is 0.153 e. The minimum atomic E-state index is 0.623. The predicted molar refractivity (Wildman–Crippen MR) is 77.0 cm³/mol. The summed E-state index contributed by atoms with van der Waals surface area (Å²) in [6, 6.07) is 0. The second-order valence-electron chi connectivity index (χ2n) is 5.87. The standard InChI is InChI=1S/C14H23N5/c1-11(2)8-15-13-12-9-18-6-4-3-5-7-19(18)14(12)17-10-16-13/h10-11H,3-9H2,1-2H3,(H,15,16,17). The lowest BCUT2D eigenvalue weighted by Gasteiger charge is -2.26. The van der Waals surface area contributed by atoms with Crippen LogP contribution in [0.5, 0.6) is 0 Å². The summed E-state index contributed by atoms with van der Waals surface area (Å²) in [5.74, 6) is 2.76. The van der Waals surface area contributed by atoms with Gasteiger partial charge in [-0.25, -0.2) is 15.0 Å². The fourth-order valence-corrected chi connectivity index (χ4v) is 2.81. The Bertz CT molecular complexity index is 445. The first-order valence-electron chi connectivity index (χ1n) is 7.36. The van der Waals surface area contributed by atoms with Crippen LogP contribution in [0.25, 0.3) is 0 Å². The monoisotopic (exact) mass is 261 g/mol. The molecule has 3 rings (SSSR count). The summed E-state index contributed by atoms with van der Waals surface area (Å²) in [5, 5.41) is 8.24. The number of hydrogen-bond acceptors (Lipinski definition) is 5. The van der Waals surface area contributed by atoms with E-state index in [2.05, 4.69) is 39.2 Å². The molecular weight excluding hydrogens is 238 g/mol. The molecule has 0 amide bonds. The van der Waals surface area contributed by atoms with Gasteiger partial charge < -0.3 is 5.32 Å². The number of nitrogens with one attached hydrogen (secondary N) is 1. The van der Waals surface area contributed by atoms with Gasteiger partial charge in [-0.1, -0.05) is 20.3 Å². The Morgan fingerprint density at radius 3 is 2.89 bits per heavy atom. The highest BCUT2D eigenvalue weighted by Gasteiger charge is 2.31. The van der Waals surface area contributed by atoms with Crippen LogP contribution in [0.15, 0.2) is 6.33 Å². The van der Waals surface area contributed by atoms with Gasteiger partial charge in [-0.3, -0.25) is 5.01 Å². The molecule has 0 spiro atoms. The van der Waals surface area contributed by atoms with Gasteiger partial charge in [0.05, 0.1) is 12.1 Å². The molecule has 0 aliphatic carbocycles. The summed E-state index contributed by atoms with van der Waals surface area (Å²) in [6.07, 6.45) is 5.56. The van der Waals surface area contributed by atoms with Crippen LogP contribution < -0.4 is 10.3 Å². The second kappa shape index (κ2) is 5.33. The van der Waals surface area contributed by atoms with Crippen molar-refractivity contribution < 1.29 is 0 Å². The van der Waals surface area contributed by atoms with Gasteiger partial charge in [0.15, 0.2) is 5.82 Å². The predicted octanol–water partition coefficient (Wildman–Crippen LogP) is 2.27. The first kappa shape index (κ1) is 12.7. The number of fused-ring (bicyclic) bond motifs is 3. The van der Waals surface area contributed by atoms with Crippen LogP contribution in [0.4, 0.5) is 11.6 Å². The van der Waals surface area contributed by atoms with Gasteiger partial charge in [-0.2, -0.15) is 0 Å². The van der Waals surface area contributed by atoms with E-state index in [1.165, 1.54) is 24.8 Å². The van der Waals surface area contributed by atoms with E-state index in [0.717, 1.165) is 37.8 Å². The van der Waals surface area contributed by atoms with Crippen molar-refractivity contribution in [2.45, 2.75) is 39.7 Å². The number of nitrogens with zero attached hydrogens (tertiary/aromatic N) is 4. The Labute approximate surface area is 115 Å². The quantitative estimate of drug-likeness (QED) is 0.904. The molecule has 1 aromatic rings. The lowest BCUT2D eigenvalue weighted by atomic mass is 10.2. The molecule has 1 saturated heterocycles. The van der Waals surface area contributed by atoms with Crippen LogP contribution in [0, 0.1) is 5.92 Å².